The Morgan fingerprint density at radius 2 is 2.12 bits per heavy atom. The number of nitrogen functional groups attached to an aromatic ring is 1. The number of nitrogens with one attached hydrogen (secondary N) is 1. The Balaban J connectivity index is 2.35. The van der Waals surface area contributed by atoms with Crippen molar-refractivity contribution in [1.82, 2.24) is 5.16 Å². The minimum Gasteiger partial charge on any atom is -0.506 e. The summed E-state index contributed by atoms with van der Waals surface area (Å²) < 4.78 is 30.4. The second-order valence-corrected chi connectivity index (χ2v) is 4.89. The van der Waals surface area contributed by atoms with Gasteiger partial charge in [-0.15, -0.1) is 0 Å². The molecule has 1 heterocycles. The molecular weight excluding hydrogens is 246 g/mol. The molecule has 17 heavy (non-hydrogen) atoms. The number of anilines is 2. The third kappa shape index (κ3) is 2.31. The van der Waals surface area contributed by atoms with Gasteiger partial charge in [0.2, 0.25) is 0 Å². The number of sulfonamides is 1. The van der Waals surface area contributed by atoms with Gasteiger partial charge in [-0.1, -0.05) is 5.16 Å². The van der Waals surface area contributed by atoms with Gasteiger partial charge >= 0.3 is 0 Å². The van der Waals surface area contributed by atoms with Crippen molar-refractivity contribution in [2.24, 2.45) is 0 Å². The van der Waals surface area contributed by atoms with Crippen molar-refractivity contribution < 1.29 is 18.0 Å². The van der Waals surface area contributed by atoms with Crippen LogP contribution in [0.25, 0.3) is 0 Å². The maximum atomic E-state index is 11.8. The Kier molecular flexibility index (Phi) is 2.64. The van der Waals surface area contributed by atoms with Crippen molar-refractivity contribution in [3.8, 4) is 5.75 Å². The molecule has 0 aliphatic carbocycles. The van der Waals surface area contributed by atoms with Crippen LogP contribution in [0.2, 0.25) is 0 Å². The number of hydrogen-bond donors (Lipinski definition) is 3. The average Bonchev–Trinajstić information content (AvgIpc) is 2.73. The number of hydrogen-bond acceptors (Lipinski definition) is 6. The highest BCUT2D eigenvalue weighted by molar-refractivity contribution is 7.92. The Morgan fingerprint density at radius 3 is 2.71 bits per heavy atom. The van der Waals surface area contributed by atoms with Gasteiger partial charge in [0.1, 0.15) is 12.0 Å². The molecule has 0 aliphatic rings. The van der Waals surface area contributed by atoms with Gasteiger partial charge in [0.15, 0.2) is 5.82 Å². The summed E-state index contributed by atoms with van der Waals surface area (Å²) in [7, 11) is -3.79. The lowest BCUT2D eigenvalue weighted by atomic mass is 10.3. The Bertz CT molecular complexity index is 622. The summed E-state index contributed by atoms with van der Waals surface area (Å²) in [6, 6.07) is 4.94. The monoisotopic (exact) mass is 255 g/mol. The van der Waals surface area contributed by atoms with E-state index in [1.54, 1.807) is 0 Å². The molecule has 0 amide bonds. The standard InChI is InChI=1S/C9H9N3O4S/c10-7-5-6(1-2-8(7)13)17(14,15)12-9-3-4-16-11-9/h1-5,13H,10H2,(H,11,12). The van der Waals surface area contributed by atoms with Crippen LogP contribution in [0.5, 0.6) is 5.75 Å². The van der Waals surface area contributed by atoms with Crippen molar-refractivity contribution in [3.63, 3.8) is 0 Å². The van der Waals surface area contributed by atoms with E-state index in [1.165, 1.54) is 24.5 Å². The molecule has 0 radical (unpaired) electrons. The first kappa shape index (κ1) is 11.3. The fraction of sp³-hybridized carbons (Fsp3) is 0. The van der Waals surface area contributed by atoms with E-state index >= 15 is 0 Å². The van der Waals surface area contributed by atoms with Crippen LogP contribution in [0, 0.1) is 0 Å². The molecule has 0 bridgehead atoms. The predicted molar refractivity (Wildman–Crippen MR) is 59.8 cm³/mol. The third-order valence-corrected chi connectivity index (χ3v) is 3.34. The normalized spacial score (nSPS) is 11.3. The molecule has 0 unspecified atom stereocenters. The van der Waals surface area contributed by atoms with E-state index in [4.69, 9.17) is 5.73 Å². The molecule has 90 valence electrons. The molecule has 0 atom stereocenters. The molecule has 0 spiro atoms. The summed E-state index contributed by atoms with van der Waals surface area (Å²) in [5.41, 5.74) is 5.39. The van der Waals surface area contributed by atoms with E-state index in [0.29, 0.717) is 0 Å². The van der Waals surface area contributed by atoms with Crippen LogP contribution in [0.3, 0.4) is 0 Å². The predicted octanol–water partition coefficient (Wildman–Crippen LogP) is 0.763. The smallest absolute Gasteiger partial charge is 0.263 e. The number of aromatic hydroxyl groups is 1. The SMILES string of the molecule is Nc1cc(S(=O)(=O)Nc2ccon2)ccc1O. The lowest BCUT2D eigenvalue weighted by molar-refractivity contribution is 0.423. The van der Waals surface area contributed by atoms with E-state index in [9.17, 15) is 13.5 Å². The van der Waals surface area contributed by atoms with Crippen molar-refractivity contribution in [2.75, 3.05) is 10.5 Å². The molecule has 0 saturated carbocycles. The van der Waals surface area contributed by atoms with E-state index in [-0.39, 0.29) is 22.2 Å². The van der Waals surface area contributed by atoms with Gasteiger partial charge in [-0.3, -0.25) is 4.72 Å². The molecule has 0 fully saturated rings. The zero-order valence-electron chi connectivity index (χ0n) is 8.49. The van der Waals surface area contributed by atoms with Crippen molar-refractivity contribution >= 4 is 21.5 Å². The number of rotatable bonds is 3. The van der Waals surface area contributed by atoms with Gasteiger partial charge in [0.25, 0.3) is 10.0 Å². The van der Waals surface area contributed by atoms with Gasteiger partial charge < -0.3 is 15.4 Å². The third-order valence-electron chi connectivity index (χ3n) is 1.99. The quantitative estimate of drug-likeness (QED) is 0.550. The van der Waals surface area contributed by atoms with E-state index in [0.717, 1.165) is 6.07 Å². The highest BCUT2D eigenvalue weighted by atomic mass is 32.2. The topological polar surface area (TPSA) is 118 Å². The molecule has 4 N–H and O–H groups in total. The highest BCUT2D eigenvalue weighted by Crippen LogP contribution is 2.24. The van der Waals surface area contributed by atoms with Crippen LogP contribution in [-0.4, -0.2) is 18.7 Å². The zero-order valence-corrected chi connectivity index (χ0v) is 9.31. The second-order valence-electron chi connectivity index (χ2n) is 3.21. The number of phenols is 1. The summed E-state index contributed by atoms with van der Waals surface area (Å²) in [4.78, 5) is -0.0733. The summed E-state index contributed by atoms with van der Waals surface area (Å²) in [6.07, 6.45) is 1.24. The van der Waals surface area contributed by atoms with Crippen LogP contribution in [0.1, 0.15) is 0 Å². The number of nitrogens with zero attached hydrogens (tertiary/aromatic N) is 1. The van der Waals surface area contributed by atoms with E-state index < -0.39 is 10.0 Å². The second kappa shape index (κ2) is 3.98. The highest BCUT2D eigenvalue weighted by Gasteiger charge is 2.16. The van der Waals surface area contributed by atoms with Crippen LogP contribution >= 0.6 is 0 Å². The Morgan fingerprint density at radius 1 is 1.35 bits per heavy atom. The molecule has 2 rings (SSSR count). The maximum absolute atomic E-state index is 11.8. The van der Waals surface area contributed by atoms with Crippen molar-refractivity contribution in [1.29, 1.82) is 0 Å². The number of benzene rings is 1. The first-order valence-corrected chi connectivity index (χ1v) is 5.99. The Hall–Kier alpha value is -2.22. The van der Waals surface area contributed by atoms with Gasteiger partial charge in [-0.05, 0) is 18.2 Å². The minimum atomic E-state index is -3.79. The van der Waals surface area contributed by atoms with E-state index in [2.05, 4.69) is 14.4 Å². The van der Waals surface area contributed by atoms with Crippen molar-refractivity contribution in [3.05, 3.63) is 30.5 Å². The number of aromatic nitrogens is 1. The summed E-state index contributed by atoms with van der Waals surface area (Å²) >= 11 is 0. The van der Waals surface area contributed by atoms with Crippen LogP contribution in [0.4, 0.5) is 11.5 Å². The number of phenolic OH excluding ortho intramolecular Hbond substituents is 1. The molecule has 0 saturated heterocycles. The summed E-state index contributed by atoms with van der Waals surface area (Å²) in [5, 5.41) is 12.6. The average molecular weight is 255 g/mol. The van der Waals surface area contributed by atoms with Gasteiger partial charge in [0.05, 0.1) is 10.6 Å². The molecule has 2 aromatic rings. The first-order valence-electron chi connectivity index (χ1n) is 4.51. The Labute approximate surface area is 96.9 Å². The minimum absolute atomic E-state index is 0.0203. The molecule has 8 heteroatoms. The molecular formula is C9H9N3O4S. The summed E-state index contributed by atoms with van der Waals surface area (Å²) in [6.45, 7) is 0. The van der Waals surface area contributed by atoms with Gasteiger partial charge in [-0.25, -0.2) is 8.42 Å². The first-order chi connectivity index (χ1) is 7.99. The fourth-order valence-electron chi connectivity index (χ4n) is 1.16. The molecule has 1 aromatic carbocycles. The lowest BCUT2D eigenvalue weighted by Gasteiger charge is -2.06. The fourth-order valence-corrected chi connectivity index (χ4v) is 2.19. The van der Waals surface area contributed by atoms with Crippen molar-refractivity contribution in [2.45, 2.75) is 4.90 Å². The van der Waals surface area contributed by atoms with Crippen LogP contribution in [-0.2, 0) is 10.0 Å². The lowest BCUT2D eigenvalue weighted by Crippen LogP contribution is -2.13. The molecule has 7 nitrogen and oxygen atoms in total. The zero-order chi connectivity index (χ0) is 12.5. The van der Waals surface area contributed by atoms with E-state index in [1.807, 2.05) is 0 Å². The van der Waals surface area contributed by atoms with Crippen LogP contribution in [0.15, 0.2) is 39.9 Å². The molecule has 0 aliphatic heterocycles. The maximum Gasteiger partial charge on any atom is 0.263 e. The van der Waals surface area contributed by atoms with Crippen LogP contribution < -0.4 is 10.5 Å². The summed E-state index contributed by atoms with van der Waals surface area (Å²) in [5.74, 6) is -0.109. The molecule has 1 aromatic heterocycles. The largest absolute Gasteiger partial charge is 0.506 e. The van der Waals surface area contributed by atoms with Gasteiger partial charge in [-0.2, -0.15) is 0 Å². The van der Waals surface area contributed by atoms with Gasteiger partial charge in [0, 0.05) is 6.07 Å². The number of nitrogens with two attached hydrogens (primary N) is 1.